The number of aromatic nitrogens is 1. The summed E-state index contributed by atoms with van der Waals surface area (Å²) < 4.78 is 25.6. The summed E-state index contributed by atoms with van der Waals surface area (Å²) in [6.07, 6.45) is 1.53. The third-order valence-electron chi connectivity index (χ3n) is 1.72. The van der Waals surface area contributed by atoms with Gasteiger partial charge in [-0.1, -0.05) is 0 Å². The first-order valence-corrected chi connectivity index (χ1v) is 5.22. The molecule has 68 valence electrons. The highest BCUT2D eigenvalue weighted by molar-refractivity contribution is 7.89. The highest BCUT2D eigenvalue weighted by Crippen LogP contribution is 2.16. The van der Waals surface area contributed by atoms with Crippen LogP contribution in [0.2, 0.25) is 0 Å². The predicted molar refractivity (Wildman–Crippen MR) is 47.6 cm³/mol. The van der Waals surface area contributed by atoms with Crippen molar-refractivity contribution in [2.24, 2.45) is 10.1 Å². The number of nitrogens with zero attached hydrogens (tertiary/aromatic N) is 2. The van der Waals surface area contributed by atoms with Crippen LogP contribution in [0.25, 0.3) is 0 Å². The van der Waals surface area contributed by atoms with E-state index < -0.39 is 10.0 Å². The van der Waals surface area contributed by atoms with E-state index in [4.69, 9.17) is 5.73 Å². The molecule has 1 aromatic heterocycles. The molecule has 1 aliphatic heterocycles. The van der Waals surface area contributed by atoms with E-state index in [1.165, 1.54) is 6.20 Å². The fourth-order valence-electron chi connectivity index (χ4n) is 1.19. The maximum absolute atomic E-state index is 11.1. The van der Waals surface area contributed by atoms with Crippen molar-refractivity contribution in [1.29, 1.82) is 0 Å². The largest absolute Gasteiger partial charge is 0.382 e. The van der Waals surface area contributed by atoms with Gasteiger partial charge < -0.3 is 5.73 Å². The Morgan fingerprint density at radius 3 is 3.00 bits per heavy atom. The van der Waals surface area contributed by atoms with E-state index in [1.54, 1.807) is 12.1 Å². The van der Waals surface area contributed by atoms with Crippen molar-refractivity contribution in [3.8, 4) is 0 Å². The molecule has 0 spiro atoms. The lowest BCUT2D eigenvalue weighted by atomic mass is 10.2. The number of sulfonamides is 1. The molecule has 2 rings (SSSR count). The molecule has 0 saturated carbocycles. The zero-order chi connectivity index (χ0) is 9.47. The van der Waals surface area contributed by atoms with E-state index in [2.05, 4.69) is 9.38 Å². The summed E-state index contributed by atoms with van der Waals surface area (Å²) in [6.45, 7) is 0. The van der Waals surface area contributed by atoms with Crippen LogP contribution >= 0.6 is 0 Å². The summed E-state index contributed by atoms with van der Waals surface area (Å²) in [6, 6.07) is 3.40. The second-order valence-electron chi connectivity index (χ2n) is 2.70. The minimum Gasteiger partial charge on any atom is -0.382 e. The van der Waals surface area contributed by atoms with Crippen molar-refractivity contribution in [3.05, 3.63) is 29.6 Å². The molecule has 13 heavy (non-hydrogen) atoms. The quantitative estimate of drug-likeness (QED) is 0.615. The molecule has 0 fully saturated rings. The van der Waals surface area contributed by atoms with E-state index in [0.717, 1.165) is 0 Å². The molecule has 0 radical (unpaired) electrons. The lowest BCUT2D eigenvalue weighted by Crippen LogP contribution is -2.24. The molecule has 1 aromatic rings. The molecule has 0 aliphatic carbocycles. The van der Waals surface area contributed by atoms with Gasteiger partial charge in [0, 0.05) is 11.8 Å². The zero-order valence-electron chi connectivity index (χ0n) is 6.64. The Morgan fingerprint density at radius 1 is 1.46 bits per heavy atom. The van der Waals surface area contributed by atoms with Gasteiger partial charge in [0.05, 0.1) is 5.69 Å². The van der Waals surface area contributed by atoms with Crippen LogP contribution in [0.3, 0.4) is 0 Å². The molecule has 0 bridgehead atoms. The van der Waals surface area contributed by atoms with Crippen molar-refractivity contribution in [2.45, 2.75) is 5.75 Å². The van der Waals surface area contributed by atoms with Gasteiger partial charge in [-0.15, -0.1) is 4.40 Å². The first-order valence-electron chi connectivity index (χ1n) is 3.61. The third kappa shape index (κ3) is 1.40. The van der Waals surface area contributed by atoms with Gasteiger partial charge in [-0.2, -0.15) is 0 Å². The predicted octanol–water partition coefficient (Wildman–Crippen LogP) is -0.370. The van der Waals surface area contributed by atoms with Crippen LogP contribution in [0.1, 0.15) is 11.3 Å². The highest BCUT2D eigenvalue weighted by atomic mass is 32.2. The van der Waals surface area contributed by atoms with Crippen LogP contribution in [0.5, 0.6) is 0 Å². The lowest BCUT2D eigenvalue weighted by molar-refractivity contribution is 0.595. The van der Waals surface area contributed by atoms with E-state index in [-0.39, 0.29) is 11.6 Å². The summed E-state index contributed by atoms with van der Waals surface area (Å²) in [5, 5.41) is 0. The molecule has 1 aliphatic rings. The Hall–Kier alpha value is -1.43. The summed E-state index contributed by atoms with van der Waals surface area (Å²) in [7, 11) is -3.44. The zero-order valence-corrected chi connectivity index (χ0v) is 7.45. The van der Waals surface area contributed by atoms with Gasteiger partial charge in [0.25, 0.3) is 10.0 Å². The van der Waals surface area contributed by atoms with Crippen molar-refractivity contribution in [3.63, 3.8) is 0 Å². The van der Waals surface area contributed by atoms with Crippen LogP contribution in [-0.2, 0) is 15.8 Å². The molecule has 5 nitrogen and oxygen atoms in total. The summed E-state index contributed by atoms with van der Waals surface area (Å²) >= 11 is 0. The minimum absolute atomic E-state index is 0.0225. The first kappa shape index (κ1) is 8.18. The second kappa shape index (κ2) is 2.53. The SMILES string of the molecule is NC1=NS(=O)(=O)Cc2ncccc21. The van der Waals surface area contributed by atoms with E-state index >= 15 is 0 Å². The molecule has 0 unspecified atom stereocenters. The number of nitrogens with two attached hydrogens (primary N) is 1. The lowest BCUT2D eigenvalue weighted by Gasteiger charge is -2.11. The number of hydrogen-bond donors (Lipinski definition) is 1. The first-order chi connectivity index (χ1) is 6.08. The summed E-state index contributed by atoms with van der Waals surface area (Å²) in [5.74, 6) is -0.140. The Bertz CT molecular complexity index is 478. The van der Waals surface area contributed by atoms with Crippen LogP contribution in [0.15, 0.2) is 22.7 Å². The van der Waals surface area contributed by atoms with E-state index in [0.29, 0.717) is 11.3 Å². The third-order valence-corrected chi connectivity index (χ3v) is 2.84. The molecular formula is C7H7N3O2S. The van der Waals surface area contributed by atoms with Gasteiger partial charge in [0.1, 0.15) is 11.6 Å². The topological polar surface area (TPSA) is 85.4 Å². The standard InChI is InChI=1S/C7H7N3O2S/c8-7-5-2-1-3-9-6(5)4-13(11,12)10-7/h1-3H,4H2,(H2,8,10). The normalized spacial score (nSPS) is 18.9. The molecule has 6 heteroatoms. The summed E-state index contributed by atoms with van der Waals surface area (Å²) in [5.41, 5.74) is 6.53. The average molecular weight is 197 g/mol. The van der Waals surface area contributed by atoms with Gasteiger partial charge in [0.2, 0.25) is 0 Å². The molecule has 0 saturated heterocycles. The van der Waals surface area contributed by atoms with Gasteiger partial charge >= 0.3 is 0 Å². The van der Waals surface area contributed by atoms with Crippen LogP contribution in [-0.4, -0.2) is 19.2 Å². The van der Waals surface area contributed by atoms with Crippen LogP contribution < -0.4 is 5.73 Å². The molecule has 0 amide bonds. The Labute approximate surface area is 75.4 Å². The fraction of sp³-hybridized carbons (Fsp3) is 0.143. The molecule has 2 heterocycles. The maximum atomic E-state index is 11.1. The Balaban J connectivity index is 2.68. The molecule has 0 aromatic carbocycles. The second-order valence-corrected chi connectivity index (χ2v) is 4.34. The van der Waals surface area contributed by atoms with Gasteiger partial charge in [-0.05, 0) is 12.1 Å². The molecule has 2 N–H and O–H groups in total. The number of amidine groups is 1. The van der Waals surface area contributed by atoms with Gasteiger partial charge in [-0.25, -0.2) is 8.42 Å². The highest BCUT2D eigenvalue weighted by Gasteiger charge is 2.22. The molecular weight excluding hydrogens is 190 g/mol. The summed E-state index contributed by atoms with van der Waals surface area (Å²) in [4.78, 5) is 3.93. The smallest absolute Gasteiger partial charge is 0.260 e. The van der Waals surface area contributed by atoms with Crippen molar-refractivity contribution >= 4 is 15.9 Å². The van der Waals surface area contributed by atoms with E-state index in [9.17, 15) is 8.42 Å². The van der Waals surface area contributed by atoms with Crippen LogP contribution in [0, 0.1) is 0 Å². The Morgan fingerprint density at radius 2 is 2.23 bits per heavy atom. The van der Waals surface area contributed by atoms with Crippen LogP contribution in [0.4, 0.5) is 0 Å². The maximum Gasteiger partial charge on any atom is 0.260 e. The molecule has 0 atom stereocenters. The van der Waals surface area contributed by atoms with E-state index in [1.807, 2.05) is 0 Å². The minimum atomic E-state index is -3.44. The number of hydrogen-bond acceptors (Lipinski definition) is 4. The fourth-order valence-corrected chi connectivity index (χ4v) is 2.23. The van der Waals surface area contributed by atoms with Gasteiger partial charge in [-0.3, -0.25) is 4.98 Å². The monoisotopic (exact) mass is 197 g/mol. The number of pyridine rings is 1. The number of rotatable bonds is 0. The van der Waals surface area contributed by atoms with Crippen molar-refractivity contribution in [1.82, 2.24) is 4.98 Å². The van der Waals surface area contributed by atoms with Crippen molar-refractivity contribution in [2.75, 3.05) is 0 Å². The average Bonchev–Trinajstić information content (AvgIpc) is 2.02. The van der Waals surface area contributed by atoms with Gasteiger partial charge in [0.15, 0.2) is 0 Å². The number of fused-ring (bicyclic) bond motifs is 1. The van der Waals surface area contributed by atoms with Crippen molar-refractivity contribution < 1.29 is 8.42 Å². The Kier molecular flexibility index (Phi) is 1.59.